The molecule has 0 aliphatic heterocycles. The first-order chi connectivity index (χ1) is 15.5. The fourth-order valence-corrected chi connectivity index (χ4v) is 4.16. The van der Waals surface area contributed by atoms with E-state index in [9.17, 15) is 8.78 Å². The summed E-state index contributed by atoms with van der Waals surface area (Å²) in [5.74, 6) is 0.551. The molecule has 0 aliphatic rings. The number of hydrogen-bond donors (Lipinski definition) is 0. The van der Waals surface area contributed by atoms with Gasteiger partial charge in [0.25, 0.3) is 0 Å². The van der Waals surface area contributed by atoms with Crippen LogP contribution in [0.2, 0.25) is 0 Å². The van der Waals surface area contributed by atoms with Gasteiger partial charge in [-0.05, 0) is 54.4 Å². The number of aromatic nitrogens is 3. The molecule has 32 heavy (non-hydrogen) atoms. The Hall–Kier alpha value is -3.39. The summed E-state index contributed by atoms with van der Waals surface area (Å²) in [6, 6.07) is 17.4. The van der Waals surface area contributed by atoms with Gasteiger partial charge in [-0.15, -0.1) is 10.2 Å². The van der Waals surface area contributed by atoms with Crippen LogP contribution in [0.4, 0.5) is 8.78 Å². The summed E-state index contributed by atoms with van der Waals surface area (Å²) in [5, 5.41) is 9.45. The molecule has 0 radical (unpaired) electrons. The van der Waals surface area contributed by atoms with Crippen LogP contribution in [0.1, 0.15) is 11.1 Å². The Morgan fingerprint density at radius 1 is 0.875 bits per heavy atom. The van der Waals surface area contributed by atoms with Crippen LogP contribution in [0.25, 0.3) is 17.1 Å². The second-order valence-electron chi connectivity index (χ2n) is 7.12. The van der Waals surface area contributed by atoms with Gasteiger partial charge in [0, 0.05) is 23.1 Å². The van der Waals surface area contributed by atoms with Gasteiger partial charge in [-0.1, -0.05) is 30.0 Å². The van der Waals surface area contributed by atoms with Crippen LogP contribution in [0.3, 0.4) is 0 Å². The predicted octanol–water partition coefficient (Wildman–Crippen LogP) is 5.83. The van der Waals surface area contributed by atoms with Crippen LogP contribution in [-0.4, -0.2) is 29.0 Å². The van der Waals surface area contributed by atoms with Gasteiger partial charge in [0.05, 0.1) is 14.2 Å². The average molecular weight is 454 g/mol. The molecule has 0 unspecified atom stereocenters. The minimum Gasteiger partial charge on any atom is -0.497 e. The maximum atomic E-state index is 13.6. The van der Waals surface area contributed by atoms with Gasteiger partial charge in [0.2, 0.25) is 0 Å². The highest BCUT2D eigenvalue weighted by Gasteiger charge is 2.18. The molecule has 0 aliphatic carbocycles. The fourth-order valence-electron chi connectivity index (χ4n) is 3.26. The third-order valence-electron chi connectivity index (χ3n) is 4.85. The zero-order chi connectivity index (χ0) is 22.7. The zero-order valence-corrected chi connectivity index (χ0v) is 18.6. The maximum Gasteiger partial charge on any atom is 0.196 e. The molecule has 164 valence electrons. The Balaban J connectivity index is 1.78. The molecule has 4 rings (SSSR count). The van der Waals surface area contributed by atoms with Gasteiger partial charge >= 0.3 is 0 Å². The van der Waals surface area contributed by atoms with E-state index in [4.69, 9.17) is 9.47 Å². The lowest BCUT2D eigenvalue weighted by Gasteiger charge is -2.13. The first kappa shape index (κ1) is 21.8. The summed E-state index contributed by atoms with van der Waals surface area (Å²) in [5.41, 5.74) is 3.40. The van der Waals surface area contributed by atoms with Crippen molar-refractivity contribution in [1.29, 1.82) is 0 Å². The van der Waals surface area contributed by atoms with Crippen LogP contribution in [0.5, 0.6) is 11.5 Å². The van der Waals surface area contributed by atoms with Gasteiger partial charge in [-0.2, -0.15) is 0 Å². The second kappa shape index (κ2) is 9.40. The van der Waals surface area contributed by atoms with Crippen molar-refractivity contribution in [3.8, 4) is 28.6 Å². The molecule has 0 fully saturated rings. The van der Waals surface area contributed by atoms with E-state index in [1.54, 1.807) is 26.4 Å². The quantitative estimate of drug-likeness (QED) is 0.330. The molecule has 0 amide bonds. The summed E-state index contributed by atoms with van der Waals surface area (Å²) >= 11 is 1.39. The number of thioether (sulfide) groups is 1. The number of nitrogens with zero attached hydrogens (tertiary/aromatic N) is 3. The topological polar surface area (TPSA) is 49.2 Å². The summed E-state index contributed by atoms with van der Waals surface area (Å²) in [7, 11) is 3.18. The standard InChI is InChI=1S/C24H21F2N3O2S/c1-15-5-4-6-18(9-15)29-23(17-11-19(30-2)13-20(12-17)31-3)27-28-24(29)32-14-16-7-8-21(25)22(26)10-16/h4-13H,14H2,1-3H3. The molecule has 0 saturated carbocycles. The third-order valence-corrected chi connectivity index (χ3v) is 5.85. The van der Waals surface area contributed by atoms with Crippen molar-refractivity contribution in [3.05, 3.63) is 83.4 Å². The normalized spacial score (nSPS) is 10.9. The van der Waals surface area contributed by atoms with Crippen LogP contribution in [0.15, 0.2) is 65.8 Å². The van der Waals surface area contributed by atoms with Crippen molar-refractivity contribution < 1.29 is 18.3 Å². The van der Waals surface area contributed by atoms with Gasteiger partial charge in [0.15, 0.2) is 22.6 Å². The van der Waals surface area contributed by atoms with E-state index in [1.165, 1.54) is 17.8 Å². The molecule has 0 atom stereocenters. The SMILES string of the molecule is COc1cc(OC)cc(-c2nnc(SCc3ccc(F)c(F)c3)n2-c2cccc(C)c2)c1. The Morgan fingerprint density at radius 2 is 1.62 bits per heavy atom. The lowest BCUT2D eigenvalue weighted by Crippen LogP contribution is -2.01. The molecule has 0 saturated heterocycles. The predicted molar refractivity (Wildman–Crippen MR) is 121 cm³/mol. The number of aryl methyl sites for hydroxylation is 1. The highest BCUT2D eigenvalue weighted by Crippen LogP contribution is 2.34. The smallest absolute Gasteiger partial charge is 0.196 e. The first-order valence-corrected chi connectivity index (χ1v) is 10.8. The van der Waals surface area contributed by atoms with E-state index in [2.05, 4.69) is 10.2 Å². The molecule has 1 aromatic heterocycles. The van der Waals surface area contributed by atoms with Crippen LogP contribution >= 0.6 is 11.8 Å². The highest BCUT2D eigenvalue weighted by molar-refractivity contribution is 7.98. The van der Waals surface area contributed by atoms with Gasteiger partial charge in [0.1, 0.15) is 11.5 Å². The lowest BCUT2D eigenvalue weighted by atomic mass is 10.1. The first-order valence-electron chi connectivity index (χ1n) is 9.81. The van der Waals surface area contributed by atoms with Gasteiger partial charge < -0.3 is 9.47 Å². The van der Waals surface area contributed by atoms with Crippen molar-refractivity contribution >= 4 is 11.8 Å². The van der Waals surface area contributed by atoms with Crippen LogP contribution in [-0.2, 0) is 5.75 Å². The number of rotatable bonds is 7. The van der Waals surface area contributed by atoms with E-state index >= 15 is 0 Å². The monoisotopic (exact) mass is 453 g/mol. The number of hydrogen-bond acceptors (Lipinski definition) is 5. The number of benzene rings is 3. The summed E-state index contributed by atoms with van der Waals surface area (Å²) in [6.45, 7) is 2.01. The molecule has 1 heterocycles. The molecule has 8 heteroatoms. The molecule has 3 aromatic carbocycles. The number of halogens is 2. The van der Waals surface area contributed by atoms with Crippen molar-refractivity contribution in [2.75, 3.05) is 14.2 Å². The minimum atomic E-state index is -0.868. The Bertz CT molecular complexity index is 1240. The Labute approximate surface area is 189 Å². The number of methoxy groups -OCH3 is 2. The average Bonchev–Trinajstić information content (AvgIpc) is 3.23. The molecule has 4 aromatic rings. The van der Waals surface area contributed by atoms with Crippen LogP contribution < -0.4 is 9.47 Å². The van der Waals surface area contributed by atoms with E-state index in [-0.39, 0.29) is 0 Å². The van der Waals surface area contributed by atoms with Gasteiger partial charge in [-0.25, -0.2) is 8.78 Å². The molecular weight excluding hydrogens is 432 g/mol. The third kappa shape index (κ3) is 4.60. The Kier molecular flexibility index (Phi) is 6.41. The molecule has 0 spiro atoms. The zero-order valence-electron chi connectivity index (χ0n) is 17.8. The van der Waals surface area contributed by atoms with E-state index in [0.29, 0.717) is 33.8 Å². The molecule has 5 nitrogen and oxygen atoms in total. The van der Waals surface area contributed by atoms with E-state index in [1.807, 2.05) is 47.9 Å². The summed E-state index contributed by atoms with van der Waals surface area (Å²) in [4.78, 5) is 0. The maximum absolute atomic E-state index is 13.6. The van der Waals surface area contributed by atoms with E-state index < -0.39 is 11.6 Å². The van der Waals surface area contributed by atoms with Crippen molar-refractivity contribution in [1.82, 2.24) is 14.8 Å². The van der Waals surface area contributed by atoms with Gasteiger partial charge in [-0.3, -0.25) is 4.57 Å². The highest BCUT2D eigenvalue weighted by atomic mass is 32.2. The van der Waals surface area contributed by atoms with Crippen LogP contribution in [0, 0.1) is 18.6 Å². The van der Waals surface area contributed by atoms with Crippen molar-refractivity contribution in [2.45, 2.75) is 17.8 Å². The van der Waals surface area contributed by atoms with Crippen molar-refractivity contribution in [2.24, 2.45) is 0 Å². The summed E-state index contributed by atoms with van der Waals surface area (Å²) < 4.78 is 39.6. The fraction of sp³-hybridized carbons (Fsp3) is 0.167. The molecule has 0 N–H and O–H groups in total. The lowest BCUT2D eigenvalue weighted by molar-refractivity contribution is 0.394. The Morgan fingerprint density at radius 3 is 2.28 bits per heavy atom. The number of ether oxygens (including phenoxy) is 2. The summed E-state index contributed by atoms with van der Waals surface area (Å²) in [6.07, 6.45) is 0. The van der Waals surface area contributed by atoms with E-state index in [0.717, 1.165) is 22.9 Å². The second-order valence-corrected chi connectivity index (χ2v) is 8.06. The molecular formula is C24H21F2N3O2S. The molecule has 0 bridgehead atoms. The largest absolute Gasteiger partial charge is 0.497 e. The van der Waals surface area contributed by atoms with Crippen molar-refractivity contribution in [3.63, 3.8) is 0 Å². The minimum absolute atomic E-state index is 0.405.